The highest BCUT2D eigenvalue weighted by Gasteiger charge is 2.22. The second kappa shape index (κ2) is 18.3. The molecule has 2 aliphatic rings. The van der Waals surface area contributed by atoms with Crippen LogP contribution >= 0.6 is 35.6 Å². The van der Waals surface area contributed by atoms with Crippen LogP contribution in [-0.4, -0.2) is 49.3 Å². The Balaban J connectivity index is 0.000000228. The number of sulfonamides is 1. The van der Waals surface area contributed by atoms with Gasteiger partial charge in [-0.25, -0.2) is 21.6 Å². The summed E-state index contributed by atoms with van der Waals surface area (Å²) in [6, 6.07) is 34.2. The zero-order valence-corrected chi connectivity index (χ0v) is 34.0. The van der Waals surface area contributed by atoms with Crippen molar-refractivity contribution in [2.45, 2.75) is 48.3 Å². The largest absolute Gasteiger partial charge is 0.341 e. The molecule has 0 amide bonds. The molecule has 13 heteroatoms. The monoisotopic (exact) mass is 826 g/mol. The van der Waals surface area contributed by atoms with Crippen molar-refractivity contribution in [3.8, 4) is 0 Å². The summed E-state index contributed by atoms with van der Waals surface area (Å²) in [5.74, 6) is 0. The number of nitrogens with one attached hydrogen (secondary N) is 1. The van der Waals surface area contributed by atoms with E-state index in [1.807, 2.05) is 30.3 Å². The SMILES string of the molecule is CS(=O)(=O)c1ccc(S(=O)(=O)NCCCN2c3ccccc3CCc3ccc(Cl)cc32)cc1.Cl.NCCCN1c2ccccc2CCc2ccc(Cl)cc21. The fourth-order valence-corrected chi connectivity index (χ4v) is 8.93. The lowest BCUT2D eigenvalue weighted by molar-refractivity contribution is 0.578. The minimum absolute atomic E-state index is 0. The number of nitrogens with zero attached hydrogens (tertiary/aromatic N) is 2. The van der Waals surface area contributed by atoms with Gasteiger partial charge in [0, 0.05) is 58.7 Å². The molecule has 286 valence electrons. The van der Waals surface area contributed by atoms with E-state index in [-0.39, 0.29) is 28.7 Å². The Morgan fingerprint density at radius 1 is 0.593 bits per heavy atom. The van der Waals surface area contributed by atoms with Gasteiger partial charge >= 0.3 is 0 Å². The molecular formula is C41H45Cl3N4O4S2. The summed E-state index contributed by atoms with van der Waals surface area (Å²) in [5, 5.41) is 1.46. The van der Waals surface area contributed by atoms with Crippen molar-refractivity contribution in [2.24, 2.45) is 5.73 Å². The minimum atomic E-state index is -3.74. The lowest BCUT2D eigenvalue weighted by Gasteiger charge is -2.27. The molecule has 0 saturated carbocycles. The minimum Gasteiger partial charge on any atom is -0.341 e. The van der Waals surface area contributed by atoms with Gasteiger partial charge in [-0.2, -0.15) is 0 Å². The third kappa shape index (κ3) is 9.97. The first kappa shape index (κ1) is 41.6. The maximum atomic E-state index is 12.6. The van der Waals surface area contributed by atoms with Crippen LogP contribution in [0.3, 0.4) is 0 Å². The molecule has 0 spiro atoms. The van der Waals surface area contributed by atoms with E-state index in [0.29, 0.717) is 24.5 Å². The van der Waals surface area contributed by atoms with E-state index in [9.17, 15) is 16.8 Å². The summed E-state index contributed by atoms with van der Waals surface area (Å²) in [4.78, 5) is 4.69. The van der Waals surface area contributed by atoms with E-state index in [1.54, 1.807) is 0 Å². The van der Waals surface area contributed by atoms with Gasteiger partial charge < -0.3 is 15.5 Å². The molecule has 0 fully saturated rings. The second-order valence-electron chi connectivity index (χ2n) is 13.2. The normalized spacial score (nSPS) is 13.5. The Labute approximate surface area is 335 Å². The molecule has 2 aliphatic heterocycles. The molecule has 7 rings (SSSR count). The highest BCUT2D eigenvalue weighted by molar-refractivity contribution is 7.90. The Morgan fingerprint density at radius 2 is 1.02 bits per heavy atom. The first-order valence-electron chi connectivity index (χ1n) is 17.7. The van der Waals surface area contributed by atoms with Crippen LogP contribution in [0, 0.1) is 0 Å². The second-order valence-corrected chi connectivity index (χ2v) is 17.9. The molecule has 54 heavy (non-hydrogen) atoms. The lowest BCUT2D eigenvalue weighted by Crippen LogP contribution is -2.28. The number of para-hydroxylation sites is 2. The summed E-state index contributed by atoms with van der Waals surface area (Å²) < 4.78 is 51.1. The van der Waals surface area contributed by atoms with Gasteiger partial charge in [-0.15, -0.1) is 12.4 Å². The summed E-state index contributed by atoms with van der Waals surface area (Å²) in [7, 11) is -7.13. The van der Waals surface area contributed by atoms with Gasteiger partial charge in [0.2, 0.25) is 10.0 Å². The Hall–Kier alpha value is -3.61. The molecule has 2 heterocycles. The van der Waals surface area contributed by atoms with Gasteiger partial charge in [0.1, 0.15) is 0 Å². The zero-order valence-electron chi connectivity index (χ0n) is 30.0. The smallest absolute Gasteiger partial charge is 0.240 e. The predicted molar refractivity (Wildman–Crippen MR) is 225 cm³/mol. The number of sulfone groups is 1. The molecule has 0 radical (unpaired) electrons. The third-order valence-electron chi connectivity index (χ3n) is 9.57. The summed E-state index contributed by atoms with van der Waals surface area (Å²) in [6.45, 7) is 2.49. The van der Waals surface area contributed by atoms with Crippen molar-refractivity contribution in [3.63, 3.8) is 0 Å². The number of rotatable bonds is 10. The lowest BCUT2D eigenvalue weighted by atomic mass is 10.0. The van der Waals surface area contributed by atoms with Crippen LogP contribution in [0.1, 0.15) is 35.1 Å². The number of benzene rings is 5. The number of nitrogens with two attached hydrogens (primary N) is 1. The van der Waals surface area contributed by atoms with Gasteiger partial charge in [-0.1, -0.05) is 71.7 Å². The number of fused-ring (bicyclic) bond motifs is 4. The van der Waals surface area contributed by atoms with E-state index in [0.717, 1.165) is 61.3 Å². The first-order valence-corrected chi connectivity index (χ1v) is 21.9. The molecule has 0 saturated heterocycles. The van der Waals surface area contributed by atoms with Crippen molar-refractivity contribution < 1.29 is 16.8 Å². The van der Waals surface area contributed by atoms with E-state index < -0.39 is 19.9 Å². The summed E-state index contributed by atoms with van der Waals surface area (Å²) in [6.07, 6.45) is 6.60. The van der Waals surface area contributed by atoms with Crippen LogP contribution in [0.2, 0.25) is 10.0 Å². The van der Waals surface area contributed by atoms with Gasteiger partial charge in [0.05, 0.1) is 9.79 Å². The number of halogens is 3. The van der Waals surface area contributed by atoms with E-state index >= 15 is 0 Å². The van der Waals surface area contributed by atoms with Crippen molar-refractivity contribution in [2.75, 3.05) is 42.2 Å². The zero-order chi connectivity index (χ0) is 37.6. The summed E-state index contributed by atoms with van der Waals surface area (Å²) in [5.41, 5.74) is 15.6. The molecule has 0 aromatic heterocycles. The average Bonchev–Trinajstić information content (AvgIpc) is 3.40. The predicted octanol–water partition coefficient (Wildman–Crippen LogP) is 8.70. The molecule has 3 N–H and O–H groups in total. The molecular weight excluding hydrogens is 783 g/mol. The van der Waals surface area contributed by atoms with Crippen LogP contribution in [0.4, 0.5) is 22.7 Å². The Bertz CT molecular complexity index is 2290. The molecule has 0 bridgehead atoms. The molecule has 5 aromatic rings. The molecule has 0 aliphatic carbocycles. The quantitative estimate of drug-likeness (QED) is 0.136. The number of hydrogen-bond acceptors (Lipinski definition) is 7. The number of hydrogen-bond donors (Lipinski definition) is 2. The van der Waals surface area contributed by atoms with Crippen LogP contribution in [0.25, 0.3) is 0 Å². The Kier molecular flexibility index (Phi) is 14.1. The van der Waals surface area contributed by atoms with Crippen LogP contribution in [0.15, 0.2) is 119 Å². The number of anilines is 4. The standard InChI is InChI=1S/C24H25ClN2O4S2.C17H19ClN2.ClH/c1-32(28,29)21-11-13-22(14-12-21)33(30,31)26-15-4-16-27-23-6-3-2-5-18(23)7-8-19-9-10-20(25)17-24(19)27;18-15-9-8-14-7-6-13-4-1-2-5-16(13)20(11-3-10-19)17(14)12-15;/h2-3,5-6,9-14,17,26H,4,7-8,15-16H2,1H3;1-2,4-5,8-9,12H,3,6-7,10-11,19H2;1H. The highest BCUT2D eigenvalue weighted by Crippen LogP contribution is 2.39. The maximum absolute atomic E-state index is 12.6. The van der Waals surface area contributed by atoms with Crippen molar-refractivity contribution >= 4 is 78.2 Å². The van der Waals surface area contributed by atoms with Gasteiger partial charge in [0.15, 0.2) is 9.84 Å². The van der Waals surface area contributed by atoms with E-state index in [4.69, 9.17) is 28.9 Å². The van der Waals surface area contributed by atoms with Crippen LogP contribution in [0.5, 0.6) is 0 Å². The fraction of sp³-hybridized carbons (Fsp3) is 0.268. The fourth-order valence-electron chi connectivity index (χ4n) is 6.89. The molecule has 8 nitrogen and oxygen atoms in total. The van der Waals surface area contributed by atoms with Crippen molar-refractivity contribution in [1.29, 1.82) is 0 Å². The highest BCUT2D eigenvalue weighted by atomic mass is 35.5. The maximum Gasteiger partial charge on any atom is 0.240 e. The average molecular weight is 828 g/mol. The van der Waals surface area contributed by atoms with Gasteiger partial charge in [-0.3, -0.25) is 0 Å². The third-order valence-corrected chi connectivity index (χ3v) is 12.6. The van der Waals surface area contributed by atoms with Crippen LogP contribution < -0.4 is 20.3 Å². The summed E-state index contributed by atoms with van der Waals surface area (Å²) >= 11 is 12.5. The number of aryl methyl sites for hydroxylation is 4. The van der Waals surface area contributed by atoms with Crippen LogP contribution in [-0.2, 0) is 45.5 Å². The van der Waals surface area contributed by atoms with Gasteiger partial charge in [-0.05, 0) is 128 Å². The van der Waals surface area contributed by atoms with Crippen molar-refractivity contribution in [1.82, 2.24) is 4.72 Å². The van der Waals surface area contributed by atoms with E-state index in [1.165, 1.54) is 57.9 Å². The van der Waals surface area contributed by atoms with Gasteiger partial charge in [0.25, 0.3) is 0 Å². The van der Waals surface area contributed by atoms with Crippen molar-refractivity contribution in [3.05, 3.63) is 141 Å². The molecule has 0 unspecified atom stereocenters. The van der Waals surface area contributed by atoms with E-state index in [2.05, 4.69) is 69.1 Å². The molecule has 5 aromatic carbocycles. The Morgan fingerprint density at radius 3 is 1.48 bits per heavy atom. The first-order chi connectivity index (χ1) is 25.4. The topological polar surface area (TPSA) is 113 Å². The molecule has 0 atom stereocenters.